The van der Waals surface area contributed by atoms with Crippen molar-refractivity contribution in [3.8, 4) is 0 Å². The molecule has 0 aromatic rings. The molecule has 0 unspecified atom stereocenters. The molecule has 2 aliphatic rings. The van der Waals surface area contributed by atoms with E-state index in [4.69, 9.17) is 22.2 Å². The van der Waals surface area contributed by atoms with E-state index in [9.17, 15) is 0 Å². The van der Waals surface area contributed by atoms with Crippen molar-refractivity contribution in [2.75, 3.05) is 52.4 Å². The molecule has 0 fully saturated rings. The van der Waals surface area contributed by atoms with Gasteiger partial charge in [-0.2, -0.15) is 0 Å². The molecule has 0 spiro atoms. The predicted octanol–water partition coefficient (Wildman–Crippen LogP) is 7.72. The van der Waals surface area contributed by atoms with Gasteiger partial charge in [0.2, 0.25) is 0 Å². The van der Waals surface area contributed by atoms with Crippen molar-refractivity contribution < 1.29 is 0 Å². The number of amidine groups is 2. The van der Waals surface area contributed by atoms with Crippen LogP contribution in [-0.4, -0.2) is 78.9 Å². The van der Waals surface area contributed by atoms with Crippen LogP contribution in [0.15, 0.2) is 9.98 Å². The van der Waals surface area contributed by atoms with Crippen molar-refractivity contribution in [1.82, 2.24) is 20.4 Å². The largest absolute Gasteiger partial charge is 0.361 e. The van der Waals surface area contributed by atoms with E-state index in [2.05, 4.69) is 34.3 Å². The summed E-state index contributed by atoms with van der Waals surface area (Å²) in [6, 6.07) is 0. The van der Waals surface area contributed by atoms with Gasteiger partial charge in [0.25, 0.3) is 0 Å². The first-order valence-corrected chi connectivity index (χ1v) is 17.7. The first-order valence-electron chi connectivity index (χ1n) is 17.3. The van der Waals surface area contributed by atoms with E-state index >= 15 is 0 Å². The van der Waals surface area contributed by atoms with Crippen LogP contribution in [0.2, 0.25) is 0 Å². The average molecular weight is 577 g/mol. The Morgan fingerprint density at radius 3 is 1.30 bits per heavy atom. The van der Waals surface area contributed by atoms with Crippen LogP contribution in [-0.2, 0) is 0 Å². The lowest BCUT2D eigenvalue weighted by Gasteiger charge is -2.22. The second-order valence-electron chi connectivity index (χ2n) is 11.9. The van der Waals surface area contributed by atoms with Gasteiger partial charge in [-0.15, -0.1) is 0 Å². The highest BCUT2D eigenvalue weighted by molar-refractivity contribution is 7.80. The van der Waals surface area contributed by atoms with Crippen LogP contribution in [0.1, 0.15) is 142 Å². The highest BCUT2D eigenvalue weighted by atomic mass is 32.1. The summed E-state index contributed by atoms with van der Waals surface area (Å²) in [4.78, 5) is 14.5. The fraction of sp³-hybridized carbons (Fsp3) is 0.909. The third-order valence-corrected chi connectivity index (χ3v) is 8.69. The van der Waals surface area contributed by atoms with Crippen molar-refractivity contribution in [2.24, 2.45) is 9.98 Å². The van der Waals surface area contributed by atoms with Crippen molar-refractivity contribution in [3.63, 3.8) is 0 Å². The zero-order valence-electron chi connectivity index (χ0n) is 26.5. The van der Waals surface area contributed by atoms with Gasteiger partial charge in [-0.1, -0.05) is 117 Å². The maximum absolute atomic E-state index is 5.56. The number of nitrogens with zero attached hydrogens (tertiary/aromatic N) is 4. The molecule has 0 atom stereocenters. The summed E-state index contributed by atoms with van der Waals surface area (Å²) in [5.41, 5.74) is 0. The Morgan fingerprint density at radius 1 is 0.575 bits per heavy atom. The molecule has 2 N–H and O–H groups in total. The highest BCUT2D eigenvalue weighted by Crippen LogP contribution is 2.14. The van der Waals surface area contributed by atoms with Gasteiger partial charge in [0.15, 0.2) is 5.11 Å². The fourth-order valence-corrected chi connectivity index (χ4v) is 6.08. The summed E-state index contributed by atoms with van der Waals surface area (Å²) in [6.07, 6.45) is 27.1. The summed E-state index contributed by atoms with van der Waals surface area (Å²) in [7, 11) is 0. The van der Waals surface area contributed by atoms with Gasteiger partial charge >= 0.3 is 0 Å². The highest BCUT2D eigenvalue weighted by Gasteiger charge is 2.17. The van der Waals surface area contributed by atoms with E-state index in [1.807, 2.05) is 0 Å². The van der Waals surface area contributed by atoms with Gasteiger partial charge in [0.05, 0.1) is 24.8 Å². The average Bonchev–Trinajstić information content (AvgIpc) is 3.60. The second-order valence-corrected chi connectivity index (χ2v) is 12.3. The van der Waals surface area contributed by atoms with Crippen molar-refractivity contribution in [2.45, 2.75) is 142 Å². The third-order valence-electron chi connectivity index (χ3n) is 8.40. The molecule has 2 heterocycles. The third kappa shape index (κ3) is 16.8. The quantitative estimate of drug-likeness (QED) is 0.0815. The number of aliphatic imine (C=N–C) groups is 2. The lowest BCUT2D eigenvalue weighted by Crippen LogP contribution is -2.43. The first-order chi connectivity index (χ1) is 19.7. The number of hydrogen-bond acceptors (Lipinski definition) is 5. The van der Waals surface area contributed by atoms with Crippen LogP contribution in [0.3, 0.4) is 0 Å². The summed E-state index contributed by atoms with van der Waals surface area (Å²) < 4.78 is 0. The molecule has 0 bridgehead atoms. The minimum Gasteiger partial charge on any atom is -0.361 e. The van der Waals surface area contributed by atoms with Crippen LogP contribution < -0.4 is 10.6 Å². The molecular formula is C33H64N6S. The Bertz CT molecular complexity index is 638. The van der Waals surface area contributed by atoms with Crippen LogP contribution in [0.4, 0.5) is 0 Å². The molecule has 0 amide bonds. The summed E-state index contributed by atoms with van der Waals surface area (Å²) in [6.45, 7) is 12.3. The Morgan fingerprint density at radius 2 is 0.925 bits per heavy atom. The minimum atomic E-state index is 0.772. The molecule has 0 saturated heterocycles. The van der Waals surface area contributed by atoms with E-state index < -0.39 is 0 Å². The summed E-state index contributed by atoms with van der Waals surface area (Å²) in [5.74, 6) is 2.63. The van der Waals surface area contributed by atoms with Gasteiger partial charge in [-0.05, 0) is 25.1 Å². The van der Waals surface area contributed by atoms with Gasteiger partial charge < -0.3 is 20.4 Å². The van der Waals surface area contributed by atoms with Crippen molar-refractivity contribution >= 4 is 29.0 Å². The summed E-state index contributed by atoms with van der Waals surface area (Å²) in [5, 5.41) is 7.60. The Balaban J connectivity index is 1.44. The second kappa shape index (κ2) is 24.2. The predicted molar refractivity (Wildman–Crippen MR) is 180 cm³/mol. The Labute approximate surface area is 253 Å². The van der Waals surface area contributed by atoms with Gasteiger partial charge in [-0.3, -0.25) is 9.98 Å². The van der Waals surface area contributed by atoms with E-state index in [0.29, 0.717) is 0 Å². The van der Waals surface area contributed by atoms with Crippen LogP contribution in [0.5, 0.6) is 0 Å². The number of thiocarbonyl (C=S) groups is 1. The number of rotatable bonds is 26. The fourth-order valence-electron chi connectivity index (χ4n) is 5.87. The molecule has 2 rings (SSSR count). The SMILES string of the molecule is CCCCCCCCCCCC1=NCCN1CCNC(=S)NCCN1CCN=C1CCCCCCCCCCC. The lowest BCUT2D eigenvalue weighted by atomic mass is 10.1. The van der Waals surface area contributed by atoms with Crippen molar-refractivity contribution in [3.05, 3.63) is 0 Å². The topological polar surface area (TPSA) is 55.3 Å². The molecule has 0 aromatic carbocycles. The molecule has 0 aliphatic carbocycles. The molecule has 7 heteroatoms. The van der Waals surface area contributed by atoms with E-state index in [0.717, 1.165) is 70.3 Å². The standard InChI is InChI=1S/C33H64N6S/c1-3-5-7-9-11-13-15-17-19-21-31-34-23-27-38(31)29-25-36-33(40)37-26-30-39-28-24-35-32(39)22-20-18-16-14-12-10-8-6-4-2/h3-30H2,1-2H3,(H2,36,37,40). The lowest BCUT2D eigenvalue weighted by molar-refractivity contribution is 0.441. The van der Waals surface area contributed by atoms with Gasteiger partial charge in [0, 0.05) is 52.1 Å². The van der Waals surface area contributed by atoms with Crippen LogP contribution in [0.25, 0.3) is 0 Å². The van der Waals surface area contributed by atoms with Gasteiger partial charge in [0.1, 0.15) is 0 Å². The number of nitrogens with one attached hydrogen (secondary N) is 2. The van der Waals surface area contributed by atoms with Crippen molar-refractivity contribution in [1.29, 1.82) is 0 Å². The molecule has 0 radical (unpaired) electrons. The van der Waals surface area contributed by atoms with E-state index in [1.165, 1.54) is 127 Å². The van der Waals surface area contributed by atoms with Crippen LogP contribution in [0, 0.1) is 0 Å². The monoisotopic (exact) mass is 576 g/mol. The molecule has 6 nitrogen and oxygen atoms in total. The normalized spacial score (nSPS) is 15.1. The minimum absolute atomic E-state index is 0.772. The zero-order chi connectivity index (χ0) is 28.5. The maximum Gasteiger partial charge on any atom is 0.166 e. The molecule has 0 saturated carbocycles. The van der Waals surface area contributed by atoms with E-state index in [1.54, 1.807) is 0 Å². The zero-order valence-corrected chi connectivity index (χ0v) is 27.3. The maximum atomic E-state index is 5.56. The molecule has 0 aromatic heterocycles. The Hall–Kier alpha value is -1.37. The first kappa shape index (κ1) is 34.8. The van der Waals surface area contributed by atoms with Gasteiger partial charge in [-0.25, -0.2) is 0 Å². The molecule has 2 aliphatic heterocycles. The smallest absolute Gasteiger partial charge is 0.166 e. The molecule has 232 valence electrons. The molecule has 40 heavy (non-hydrogen) atoms. The number of hydrogen-bond donors (Lipinski definition) is 2. The molecular weight excluding hydrogens is 512 g/mol. The summed E-state index contributed by atoms with van der Waals surface area (Å²) >= 11 is 5.56. The van der Waals surface area contributed by atoms with Crippen LogP contribution >= 0.6 is 12.2 Å². The number of unbranched alkanes of at least 4 members (excludes halogenated alkanes) is 16. The Kier molecular flexibility index (Phi) is 21.1. The van der Waals surface area contributed by atoms with E-state index in [-0.39, 0.29) is 0 Å².